The standard InChI is InChI=1S/C17H23IO4/c1-19-10-11-20-16(14-2-4-15(18)5-3-14)6-8-17(9-7-16)21-12-13-22-17/h2-5H,6-13H2,1H3. The van der Waals surface area contributed by atoms with Crippen molar-refractivity contribution in [1.82, 2.24) is 0 Å². The number of methoxy groups -OCH3 is 1. The molecule has 3 rings (SSSR count). The highest BCUT2D eigenvalue weighted by Gasteiger charge is 2.47. The molecule has 0 atom stereocenters. The van der Waals surface area contributed by atoms with Crippen LogP contribution in [0.25, 0.3) is 0 Å². The van der Waals surface area contributed by atoms with E-state index < -0.39 is 0 Å². The van der Waals surface area contributed by atoms with Crippen molar-refractivity contribution < 1.29 is 18.9 Å². The predicted octanol–water partition coefficient (Wildman–Crippen LogP) is 3.47. The van der Waals surface area contributed by atoms with Gasteiger partial charge in [0.15, 0.2) is 5.79 Å². The van der Waals surface area contributed by atoms with E-state index >= 15 is 0 Å². The molecular weight excluding hydrogens is 395 g/mol. The van der Waals surface area contributed by atoms with Crippen LogP contribution in [0, 0.1) is 3.57 Å². The Hall–Kier alpha value is -0.210. The fourth-order valence-electron chi connectivity index (χ4n) is 3.41. The lowest BCUT2D eigenvalue weighted by molar-refractivity contribution is -0.214. The Morgan fingerprint density at radius 1 is 1.00 bits per heavy atom. The molecule has 0 unspecified atom stereocenters. The molecule has 1 saturated carbocycles. The van der Waals surface area contributed by atoms with Crippen LogP contribution in [-0.2, 0) is 24.5 Å². The SMILES string of the molecule is COCCOC1(c2ccc(I)cc2)CCC2(CC1)OCCO2. The average molecular weight is 418 g/mol. The third-order valence-electron chi connectivity index (χ3n) is 4.67. The maximum absolute atomic E-state index is 6.30. The Balaban J connectivity index is 1.77. The van der Waals surface area contributed by atoms with Crippen molar-refractivity contribution in [3.05, 3.63) is 33.4 Å². The molecular formula is C17H23IO4. The zero-order chi connectivity index (χ0) is 15.5. The van der Waals surface area contributed by atoms with Crippen LogP contribution in [0.15, 0.2) is 24.3 Å². The van der Waals surface area contributed by atoms with Gasteiger partial charge in [-0.05, 0) is 53.1 Å². The fourth-order valence-corrected chi connectivity index (χ4v) is 3.77. The lowest BCUT2D eigenvalue weighted by atomic mass is 9.77. The van der Waals surface area contributed by atoms with Crippen molar-refractivity contribution in [2.75, 3.05) is 33.5 Å². The van der Waals surface area contributed by atoms with E-state index in [2.05, 4.69) is 46.9 Å². The summed E-state index contributed by atoms with van der Waals surface area (Å²) in [5.74, 6) is -0.364. The smallest absolute Gasteiger partial charge is 0.168 e. The van der Waals surface area contributed by atoms with Crippen molar-refractivity contribution >= 4 is 22.6 Å². The summed E-state index contributed by atoms with van der Waals surface area (Å²) in [4.78, 5) is 0. The molecule has 2 aliphatic rings. The highest BCUT2D eigenvalue weighted by molar-refractivity contribution is 14.1. The normalized spacial score (nSPS) is 23.0. The molecule has 0 radical (unpaired) electrons. The Bertz CT molecular complexity index is 472. The quantitative estimate of drug-likeness (QED) is 0.542. The Morgan fingerprint density at radius 2 is 1.64 bits per heavy atom. The Labute approximate surface area is 145 Å². The molecule has 0 aromatic heterocycles. The largest absolute Gasteiger partial charge is 0.382 e. The van der Waals surface area contributed by atoms with E-state index in [1.54, 1.807) is 7.11 Å². The molecule has 1 heterocycles. The van der Waals surface area contributed by atoms with Gasteiger partial charge in [0.2, 0.25) is 0 Å². The van der Waals surface area contributed by atoms with Crippen molar-refractivity contribution in [3.8, 4) is 0 Å². The average Bonchev–Trinajstić information content (AvgIpc) is 2.99. The summed E-state index contributed by atoms with van der Waals surface area (Å²) >= 11 is 2.33. The second-order valence-corrected chi connectivity index (χ2v) is 7.20. The van der Waals surface area contributed by atoms with Crippen LogP contribution < -0.4 is 0 Å². The number of rotatable bonds is 5. The number of ether oxygens (including phenoxy) is 4. The summed E-state index contributed by atoms with van der Waals surface area (Å²) in [6.45, 7) is 2.64. The number of hydrogen-bond donors (Lipinski definition) is 0. The summed E-state index contributed by atoms with van der Waals surface area (Å²) in [6, 6.07) is 8.65. The van der Waals surface area contributed by atoms with Gasteiger partial charge in [0, 0.05) is 23.5 Å². The highest BCUT2D eigenvalue weighted by Crippen LogP contribution is 2.47. The van der Waals surface area contributed by atoms with E-state index in [0.717, 1.165) is 25.7 Å². The van der Waals surface area contributed by atoms with E-state index in [1.165, 1.54) is 9.13 Å². The summed E-state index contributed by atoms with van der Waals surface area (Å²) in [7, 11) is 1.71. The van der Waals surface area contributed by atoms with E-state index in [1.807, 2.05) is 0 Å². The first-order valence-electron chi connectivity index (χ1n) is 7.85. The number of benzene rings is 1. The molecule has 1 aliphatic carbocycles. The van der Waals surface area contributed by atoms with Gasteiger partial charge in [0.25, 0.3) is 0 Å². The minimum absolute atomic E-state index is 0.247. The van der Waals surface area contributed by atoms with Crippen LogP contribution in [0.4, 0.5) is 0 Å². The Kier molecular flexibility index (Phi) is 5.39. The van der Waals surface area contributed by atoms with Gasteiger partial charge in [-0.2, -0.15) is 0 Å². The minimum Gasteiger partial charge on any atom is -0.382 e. The molecule has 1 aromatic carbocycles. The van der Waals surface area contributed by atoms with E-state index in [-0.39, 0.29) is 11.4 Å². The lowest BCUT2D eigenvalue weighted by Crippen LogP contribution is -2.44. The summed E-state index contributed by atoms with van der Waals surface area (Å²) in [6.07, 6.45) is 3.59. The Morgan fingerprint density at radius 3 is 2.23 bits per heavy atom. The number of hydrogen-bond acceptors (Lipinski definition) is 4. The van der Waals surface area contributed by atoms with Gasteiger partial charge in [-0.15, -0.1) is 0 Å². The molecule has 2 fully saturated rings. The van der Waals surface area contributed by atoms with Crippen LogP contribution in [0.2, 0.25) is 0 Å². The van der Waals surface area contributed by atoms with Gasteiger partial charge >= 0.3 is 0 Å². The van der Waals surface area contributed by atoms with E-state index in [4.69, 9.17) is 18.9 Å². The molecule has 1 spiro atoms. The third kappa shape index (κ3) is 3.48. The summed E-state index contributed by atoms with van der Waals surface area (Å²) in [5.41, 5.74) is 1.00. The molecule has 0 bridgehead atoms. The van der Waals surface area contributed by atoms with Gasteiger partial charge < -0.3 is 18.9 Å². The second-order valence-electron chi connectivity index (χ2n) is 5.95. The molecule has 22 heavy (non-hydrogen) atoms. The molecule has 1 aromatic rings. The molecule has 4 nitrogen and oxygen atoms in total. The lowest BCUT2D eigenvalue weighted by Gasteiger charge is -2.43. The van der Waals surface area contributed by atoms with Crippen LogP contribution >= 0.6 is 22.6 Å². The van der Waals surface area contributed by atoms with Crippen molar-refractivity contribution in [1.29, 1.82) is 0 Å². The summed E-state index contributed by atoms with van der Waals surface area (Å²) in [5, 5.41) is 0. The topological polar surface area (TPSA) is 36.9 Å². The zero-order valence-corrected chi connectivity index (χ0v) is 15.1. The van der Waals surface area contributed by atoms with Gasteiger partial charge in [-0.25, -0.2) is 0 Å². The number of halogens is 1. The zero-order valence-electron chi connectivity index (χ0n) is 13.0. The molecule has 0 N–H and O–H groups in total. The summed E-state index contributed by atoms with van der Waals surface area (Å²) < 4.78 is 24.4. The highest BCUT2D eigenvalue weighted by atomic mass is 127. The van der Waals surface area contributed by atoms with Gasteiger partial charge in [-0.1, -0.05) is 12.1 Å². The van der Waals surface area contributed by atoms with Crippen LogP contribution in [0.3, 0.4) is 0 Å². The van der Waals surface area contributed by atoms with Gasteiger partial charge in [0.1, 0.15) is 0 Å². The maximum atomic E-state index is 6.30. The van der Waals surface area contributed by atoms with Crippen LogP contribution in [0.5, 0.6) is 0 Å². The van der Waals surface area contributed by atoms with Gasteiger partial charge in [0.05, 0.1) is 32.0 Å². The first-order chi connectivity index (χ1) is 10.7. The monoisotopic (exact) mass is 418 g/mol. The molecule has 122 valence electrons. The van der Waals surface area contributed by atoms with Gasteiger partial charge in [-0.3, -0.25) is 0 Å². The molecule has 5 heteroatoms. The molecule has 1 saturated heterocycles. The van der Waals surface area contributed by atoms with Crippen molar-refractivity contribution in [3.63, 3.8) is 0 Å². The first kappa shape index (κ1) is 16.6. The fraction of sp³-hybridized carbons (Fsp3) is 0.647. The third-order valence-corrected chi connectivity index (χ3v) is 5.39. The van der Waals surface area contributed by atoms with Crippen LogP contribution in [-0.4, -0.2) is 39.3 Å². The maximum Gasteiger partial charge on any atom is 0.168 e. The minimum atomic E-state index is -0.364. The van der Waals surface area contributed by atoms with E-state index in [9.17, 15) is 0 Å². The van der Waals surface area contributed by atoms with Crippen molar-refractivity contribution in [2.45, 2.75) is 37.1 Å². The van der Waals surface area contributed by atoms with Crippen LogP contribution in [0.1, 0.15) is 31.2 Å². The second kappa shape index (κ2) is 7.13. The van der Waals surface area contributed by atoms with Crippen molar-refractivity contribution in [2.24, 2.45) is 0 Å². The first-order valence-corrected chi connectivity index (χ1v) is 8.93. The van der Waals surface area contributed by atoms with E-state index in [0.29, 0.717) is 26.4 Å². The molecule has 0 amide bonds. The molecule has 1 aliphatic heterocycles. The predicted molar refractivity (Wildman–Crippen MR) is 91.8 cm³/mol.